The molecule has 0 saturated heterocycles. The smallest absolute Gasteiger partial charge is 0.138 e. The summed E-state index contributed by atoms with van der Waals surface area (Å²) in [5.74, 6) is -0.305. The van der Waals surface area contributed by atoms with E-state index in [1.807, 2.05) is 28.7 Å². The zero-order valence-electron chi connectivity index (χ0n) is 9.05. The van der Waals surface area contributed by atoms with E-state index in [1.165, 1.54) is 6.07 Å². The Morgan fingerprint density at radius 1 is 1.17 bits per heavy atom. The summed E-state index contributed by atoms with van der Waals surface area (Å²) in [6, 6.07) is 11.9. The number of hydrogen-bond acceptors (Lipinski definition) is 2. The van der Waals surface area contributed by atoms with Crippen LogP contribution in [0.5, 0.6) is 0 Å². The summed E-state index contributed by atoms with van der Waals surface area (Å²) in [4.78, 5) is 0. The topological polar surface area (TPSA) is 35.8 Å². The van der Waals surface area contributed by atoms with Gasteiger partial charge in [-0.05, 0) is 46.9 Å². The number of nitrogens with one attached hydrogen (secondary N) is 1. The van der Waals surface area contributed by atoms with Crippen molar-refractivity contribution in [1.29, 1.82) is 5.26 Å². The second-order valence-corrected chi connectivity index (χ2v) is 4.99. The molecule has 5 heteroatoms. The molecule has 18 heavy (non-hydrogen) atoms. The van der Waals surface area contributed by atoms with Crippen LogP contribution < -0.4 is 5.32 Å². The highest BCUT2D eigenvalue weighted by atomic mass is 127. The quantitative estimate of drug-likeness (QED) is 0.776. The lowest BCUT2D eigenvalue weighted by atomic mass is 10.2. The molecule has 0 amide bonds. The first-order valence-electron chi connectivity index (χ1n) is 5.03. The van der Waals surface area contributed by atoms with E-state index in [2.05, 4.69) is 5.32 Å². The molecule has 2 nitrogen and oxygen atoms in total. The number of anilines is 2. The molecule has 0 saturated carbocycles. The third-order valence-electron chi connectivity index (χ3n) is 2.35. The van der Waals surface area contributed by atoms with Crippen LogP contribution in [0.3, 0.4) is 0 Å². The fraction of sp³-hybridized carbons (Fsp3) is 0. The molecule has 0 aliphatic rings. The number of rotatable bonds is 2. The maximum Gasteiger partial charge on any atom is 0.138 e. The number of benzene rings is 2. The van der Waals surface area contributed by atoms with E-state index in [0.717, 1.165) is 0 Å². The molecule has 90 valence electrons. The van der Waals surface area contributed by atoms with Gasteiger partial charge in [0.1, 0.15) is 11.9 Å². The Bertz CT molecular complexity index is 637. The molecule has 0 fully saturated rings. The standard InChI is InChI=1S/C13H7ClFIN2/c14-9-3-1-5-11(8(9)7-17)18-12-6-2-4-10(15)13(12)16/h1-6,18H. The first kappa shape index (κ1) is 13.1. The number of nitriles is 1. The highest BCUT2D eigenvalue weighted by Crippen LogP contribution is 2.29. The first-order chi connectivity index (χ1) is 8.63. The Kier molecular flexibility index (Phi) is 4.04. The fourth-order valence-corrected chi connectivity index (χ4v) is 2.20. The summed E-state index contributed by atoms with van der Waals surface area (Å²) in [5.41, 5.74) is 1.52. The highest BCUT2D eigenvalue weighted by Gasteiger charge is 2.09. The SMILES string of the molecule is N#Cc1c(Cl)cccc1Nc1cccc(F)c1I. The van der Waals surface area contributed by atoms with Gasteiger partial charge in [0.2, 0.25) is 0 Å². The molecular formula is C13H7ClFIN2. The minimum absolute atomic E-state index is 0.305. The van der Waals surface area contributed by atoms with E-state index in [-0.39, 0.29) is 5.82 Å². The molecule has 2 aromatic carbocycles. The van der Waals surface area contributed by atoms with Crippen LogP contribution in [0, 0.1) is 20.7 Å². The van der Waals surface area contributed by atoms with Gasteiger partial charge in [0.25, 0.3) is 0 Å². The summed E-state index contributed by atoms with van der Waals surface area (Å²) in [5, 5.41) is 12.4. The number of nitrogens with zero attached hydrogens (tertiary/aromatic N) is 1. The van der Waals surface area contributed by atoms with Crippen LogP contribution in [0.2, 0.25) is 5.02 Å². The lowest BCUT2D eigenvalue weighted by Gasteiger charge is -2.11. The second-order valence-electron chi connectivity index (χ2n) is 3.50. The molecule has 1 N–H and O–H groups in total. The molecule has 0 spiro atoms. The van der Waals surface area contributed by atoms with E-state index in [9.17, 15) is 4.39 Å². The Hall–Kier alpha value is -1.32. The lowest BCUT2D eigenvalue weighted by Crippen LogP contribution is -1.97. The third-order valence-corrected chi connectivity index (χ3v) is 3.76. The summed E-state index contributed by atoms with van der Waals surface area (Å²) in [6.07, 6.45) is 0. The lowest BCUT2D eigenvalue weighted by molar-refractivity contribution is 0.621. The van der Waals surface area contributed by atoms with Crippen LogP contribution in [0.1, 0.15) is 5.56 Å². The summed E-state index contributed by atoms with van der Waals surface area (Å²) in [6.45, 7) is 0. The second kappa shape index (κ2) is 5.55. The van der Waals surface area contributed by atoms with Crippen LogP contribution in [-0.2, 0) is 0 Å². The predicted octanol–water partition coefficient (Wildman–Crippen LogP) is 4.70. The van der Waals surface area contributed by atoms with Crippen molar-refractivity contribution in [1.82, 2.24) is 0 Å². The van der Waals surface area contributed by atoms with Gasteiger partial charge < -0.3 is 5.32 Å². The van der Waals surface area contributed by atoms with Crippen molar-refractivity contribution >= 4 is 45.6 Å². The van der Waals surface area contributed by atoms with E-state index in [1.54, 1.807) is 30.3 Å². The van der Waals surface area contributed by atoms with Crippen molar-refractivity contribution in [3.8, 4) is 6.07 Å². The van der Waals surface area contributed by atoms with Crippen molar-refractivity contribution < 1.29 is 4.39 Å². The van der Waals surface area contributed by atoms with Gasteiger partial charge in [0, 0.05) is 0 Å². The molecule has 0 aliphatic carbocycles. The van der Waals surface area contributed by atoms with Crippen LogP contribution in [0.4, 0.5) is 15.8 Å². The first-order valence-corrected chi connectivity index (χ1v) is 6.49. The minimum Gasteiger partial charge on any atom is -0.353 e. The van der Waals surface area contributed by atoms with Crippen molar-refractivity contribution in [2.75, 3.05) is 5.32 Å². The molecule has 0 aromatic heterocycles. The van der Waals surface area contributed by atoms with Gasteiger partial charge >= 0.3 is 0 Å². The largest absolute Gasteiger partial charge is 0.353 e. The monoisotopic (exact) mass is 372 g/mol. The molecule has 2 rings (SSSR count). The van der Waals surface area contributed by atoms with E-state index >= 15 is 0 Å². The van der Waals surface area contributed by atoms with E-state index in [4.69, 9.17) is 16.9 Å². The van der Waals surface area contributed by atoms with Crippen LogP contribution in [-0.4, -0.2) is 0 Å². The van der Waals surface area contributed by atoms with Gasteiger partial charge in [-0.15, -0.1) is 0 Å². The molecule has 0 atom stereocenters. The van der Waals surface area contributed by atoms with Crippen LogP contribution >= 0.6 is 34.2 Å². The zero-order chi connectivity index (χ0) is 13.1. The van der Waals surface area contributed by atoms with Crippen LogP contribution in [0.15, 0.2) is 36.4 Å². The van der Waals surface area contributed by atoms with E-state index < -0.39 is 0 Å². The molecule has 2 aromatic rings. The normalized spacial score (nSPS) is 9.89. The molecule has 0 bridgehead atoms. The predicted molar refractivity (Wildman–Crippen MR) is 78.6 cm³/mol. The van der Waals surface area contributed by atoms with Gasteiger partial charge in [0.05, 0.1) is 25.5 Å². The van der Waals surface area contributed by atoms with Gasteiger partial charge in [-0.1, -0.05) is 23.7 Å². The summed E-state index contributed by atoms with van der Waals surface area (Å²) in [7, 11) is 0. The van der Waals surface area contributed by atoms with Crippen molar-refractivity contribution in [2.45, 2.75) is 0 Å². The molecule has 0 unspecified atom stereocenters. The van der Waals surface area contributed by atoms with Gasteiger partial charge in [0.15, 0.2) is 0 Å². The highest BCUT2D eigenvalue weighted by molar-refractivity contribution is 14.1. The number of hydrogen-bond donors (Lipinski definition) is 1. The Morgan fingerprint density at radius 3 is 2.56 bits per heavy atom. The maximum atomic E-state index is 13.4. The number of halogens is 3. The Morgan fingerprint density at radius 2 is 1.83 bits per heavy atom. The average molecular weight is 373 g/mol. The van der Waals surface area contributed by atoms with Gasteiger partial charge in [-0.2, -0.15) is 5.26 Å². The van der Waals surface area contributed by atoms with Crippen molar-refractivity contribution in [3.05, 3.63) is 56.4 Å². The fourth-order valence-electron chi connectivity index (χ4n) is 1.49. The molecule has 0 radical (unpaired) electrons. The summed E-state index contributed by atoms with van der Waals surface area (Å²) >= 11 is 7.84. The third kappa shape index (κ3) is 2.57. The van der Waals surface area contributed by atoms with Crippen LogP contribution in [0.25, 0.3) is 0 Å². The van der Waals surface area contributed by atoms with Gasteiger partial charge in [-0.25, -0.2) is 4.39 Å². The summed E-state index contributed by atoms with van der Waals surface area (Å²) < 4.78 is 13.9. The maximum absolute atomic E-state index is 13.4. The zero-order valence-corrected chi connectivity index (χ0v) is 12.0. The Labute approximate surface area is 123 Å². The van der Waals surface area contributed by atoms with Crippen molar-refractivity contribution in [2.24, 2.45) is 0 Å². The van der Waals surface area contributed by atoms with Gasteiger partial charge in [-0.3, -0.25) is 0 Å². The minimum atomic E-state index is -0.305. The molecule has 0 aliphatic heterocycles. The average Bonchev–Trinajstić information content (AvgIpc) is 2.35. The van der Waals surface area contributed by atoms with E-state index in [0.29, 0.717) is 25.5 Å². The molecule has 0 heterocycles. The Balaban J connectivity index is 2.44. The molecular weight excluding hydrogens is 366 g/mol. The van der Waals surface area contributed by atoms with Crippen molar-refractivity contribution in [3.63, 3.8) is 0 Å².